The molecule has 3 rings (SSSR count). The quantitative estimate of drug-likeness (QED) is 0.579. The lowest BCUT2D eigenvalue weighted by molar-refractivity contribution is 0.103. The van der Waals surface area contributed by atoms with Crippen molar-refractivity contribution in [2.45, 2.75) is 25.9 Å². The monoisotopic (exact) mass is 339 g/mol. The minimum Gasteiger partial charge on any atom is -0.493 e. The molecule has 0 aliphatic rings. The van der Waals surface area contributed by atoms with Gasteiger partial charge in [-0.1, -0.05) is 48.5 Å². The molecule has 0 aliphatic heterocycles. The highest BCUT2D eigenvalue weighted by molar-refractivity contribution is 6.12. The molecule has 0 amide bonds. The van der Waals surface area contributed by atoms with Gasteiger partial charge in [-0.25, -0.2) is 0 Å². The van der Waals surface area contributed by atoms with Crippen LogP contribution in [-0.4, -0.2) is 35.6 Å². The van der Waals surface area contributed by atoms with Gasteiger partial charge in [0.1, 0.15) is 5.75 Å². The van der Waals surface area contributed by atoms with Crippen LogP contribution in [-0.2, 0) is 6.54 Å². The fourth-order valence-corrected chi connectivity index (χ4v) is 3.13. The van der Waals surface area contributed by atoms with E-state index in [2.05, 4.69) is 29.6 Å². The summed E-state index contributed by atoms with van der Waals surface area (Å²) in [7, 11) is 0. The molecular weight excluding hydrogens is 314 g/mol. The van der Waals surface area contributed by atoms with Crippen LogP contribution in [0.4, 0.5) is 0 Å². The first-order chi connectivity index (χ1) is 12.1. The fourth-order valence-electron chi connectivity index (χ4n) is 3.13. The molecule has 3 aromatic carbocycles. The first-order valence-corrected chi connectivity index (χ1v) is 8.65. The van der Waals surface area contributed by atoms with Gasteiger partial charge in [0.25, 0.3) is 0 Å². The van der Waals surface area contributed by atoms with E-state index >= 15 is 0 Å². The first-order valence-electron chi connectivity index (χ1n) is 8.65. The van der Waals surface area contributed by atoms with Crippen LogP contribution in [0, 0.1) is 0 Å². The third kappa shape index (κ3) is 3.33. The number of ether oxygens (including phenoxy) is 1. The van der Waals surface area contributed by atoms with Crippen molar-refractivity contribution in [2.24, 2.45) is 0 Å². The molecule has 0 saturated carbocycles. The maximum absolute atomic E-state index is 9.57. The van der Waals surface area contributed by atoms with E-state index in [1.54, 1.807) is 6.92 Å². The summed E-state index contributed by atoms with van der Waals surface area (Å²) in [5.41, 5.74) is 0.306. The number of benzene rings is 3. The van der Waals surface area contributed by atoms with Crippen LogP contribution in [0.3, 0.4) is 0 Å². The second-order valence-corrected chi connectivity index (χ2v) is 6.56. The van der Waals surface area contributed by atoms with Crippen LogP contribution >= 0.6 is 0 Å². The molecule has 0 atom stereocenters. The van der Waals surface area contributed by atoms with Crippen molar-refractivity contribution in [1.29, 1.82) is 0 Å². The van der Waals surface area contributed by atoms with E-state index in [0.29, 0.717) is 13.2 Å². The van der Waals surface area contributed by atoms with Gasteiger partial charge in [-0.05, 0) is 30.0 Å². The molecule has 0 heterocycles. The highest BCUT2D eigenvalue weighted by Crippen LogP contribution is 2.38. The molecule has 0 spiro atoms. The van der Waals surface area contributed by atoms with Crippen LogP contribution < -0.4 is 10.1 Å². The van der Waals surface area contributed by atoms with E-state index in [1.807, 2.05) is 31.2 Å². The molecule has 4 nitrogen and oxygen atoms in total. The zero-order valence-corrected chi connectivity index (χ0v) is 14.7. The third-order valence-electron chi connectivity index (χ3n) is 4.67. The predicted molar refractivity (Wildman–Crippen MR) is 102 cm³/mol. The van der Waals surface area contributed by atoms with Crippen molar-refractivity contribution in [3.63, 3.8) is 0 Å². The van der Waals surface area contributed by atoms with Gasteiger partial charge in [0, 0.05) is 17.5 Å². The Hall–Kier alpha value is -2.14. The molecule has 0 aliphatic carbocycles. The van der Waals surface area contributed by atoms with E-state index in [-0.39, 0.29) is 13.2 Å². The minimum absolute atomic E-state index is 0.140. The maximum Gasteiger partial charge on any atom is 0.132 e. The number of rotatable bonds is 7. The average molecular weight is 339 g/mol. The van der Waals surface area contributed by atoms with Crippen molar-refractivity contribution in [3.8, 4) is 5.75 Å². The second-order valence-electron chi connectivity index (χ2n) is 6.56. The molecule has 0 saturated heterocycles. The normalized spacial score (nSPS) is 12.0. The van der Waals surface area contributed by atoms with Crippen molar-refractivity contribution < 1.29 is 14.9 Å². The summed E-state index contributed by atoms with van der Waals surface area (Å²) in [6.45, 7) is 4.58. The largest absolute Gasteiger partial charge is 0.493 e. The first kappa shape index (κ1) is 17.7. The van der Waals surface area contributed by atoms with E-state index in [9.17, 15) is 10.2 Å². The number of nitrogens with one attached hydrogen (secondary N) is 1. The summed E-state index contributed by atoms with van der Waals surface area (Å²) in [5.74, 6) is 0.863. The van der Waals surface area contributed by atoms with E-state index in [0.717, 1.165) is 27.5 Å². The molecule has 0 unspecified atom stereocenters. The summed E-state index contributed by atoms with van der Waals surface area (Å²) in [5, 5.41) is 27.0. The van der Waals surface area contributed by atoms with Crippen LogP contribution in [0.1, 0.15) is 19.4 Å². The summed E-state index contributed by atoms with van der Waals surface area (Å²) in [4.78, 5) is 0. The Morgan fingerprint density at radius 1 is 0.880 bits per heavy atom. The predicted octanol–water partition coefficient (Wildman–Crippen LogP) is 3.22. The smallest absolute Gasteiger partial charge is 0.132 e. The van der Waals surface area contributed by atoms with E-state index < -0.39 is 5.54 Å². The molecule has 0 aromatic heterocycles. The lowest BCUT2D eigenvalue weighted by atomic mass is 9.95. The standard InChI is InChI=1S/C21H25NO3/c1-3-25-20-18-11-7-6-9-16(18)15-8-4-5-10-17(15)19(20)12-22-21(2,13-23)14-24/h4-11,22-24H,3,12-14H2,1-2H3. The highest BCUT2D eigenvalue weighted by Gasteiger charge is 2.23. The second kappa shape index (κ2) is 7.40. The molecule has 3 aromatic rings. The Balaban J connectivity index is 2.21. The Morgan fingerprint density at radius 2 is 1.40 bits per heavy atom. The lowest BCUT2D eigenvalue weighted by Crippen LogP contribution is -2.48. The van der Waals surface area contributed by atoms with Crippen LogP contribution in [0.15, 0.2) is 48.5 Å². The number of hydrogen-bond donors (Lipinski definition) is 3. The zero-order valence-electron chi connectivity index (χ0n) is 14.7. The Bertz CT molecular complexity index is 872. The van der Waals surface area contributed by atoms with Gasteiger partial charge < -0.3 is 20.3 Å². The van der Waals surface area contributed by atoms with Gasteiger partial charge in [-0.15, -0.1) is 0 Å². The summed E-state index contributed by atoms with van der Waals surface area (Å²) < 4.78 is 6.03. The van der Waals surface area contributed by atoms with Crippen LogP contribution in [0.2, 0.25) is 0 Å². The van der Waals surface area contributed by atoms with Gasteiger partial charge >= 0.3 is 0 Å². The Morgan fingerprint density at radius 3 is 1.96 bits per heavy atom. The summed E-state index contributed by atoms with van der Waals surface area (Å²) in [6, 6.07) is 16.5. The fraction of sp³-hybridized carbons (Fsp3) is 0.333. The van der Waals surface area contributed by atoms with Gasteiger partial charge in [-0.2, -0.15) is 0 Å². The molecule has 0 radical (unpaired) electrons. The number of fused-ring (bicyclic) bond motifs is 3. The van der Waals surface area contributed by atoms with Gasteiger partial charge in [0.05, 0.1) is 25.4 Å². The van der Waals surface area contributed by atoms with Crippen molar-refractivity contribution >= 4 is 21.5 Å². The van der Waals surface area contributed by atoms with Crippen LogP contribution in [0.5, 0.6) is 5.75 Å². The lowest BCUT2D eigenvalue weighted by Gasteiger charge is -2.27. The topological polar surface area (TPSA) is 61.7 Å². The maximum atomic E-state index is 9.57. The van der Waals surface area contributed by atoms with E-state index in [1.165, 1.54) is 5.39 Å². The van der Waals surface area contributed by atoms with Crippen LogP contribution in [0.25, 0.3) is 21.5 Å². The number of hydrogen-bond acceptors (Lipinski definition) is 4. The third-order valence-corrected chi connectivity index (χ3v) is 4.67. The molecule has 132 valence electrons. The van der Waals surface area contributed by atoms with Crippen molar-refractivity contribution in [1.82, 2.24) is 5.32 Å². The summed E-state index contributed by atoms with van der Waals surface area (Å²) >= 11 is 0. The number of aliphatic hydroxyl groups is 2. The zero-order chi connectivity index (χ0) is 17.9. The SMILES string of the molecule is CCOc1c(CNC(C)(CO)CO)c2ccccc2c2ccccc12. The molecule has 4 heteroatoms. The minimum atomic E-state index is -0.740. The molecule has 25 heavy (non-hydrogen) atoms. The van der Waals surface area contributed by atoms with Gasteiger partial charge in [0.15, 0.2) is 0 Å². The molecule has 0 fully saturated rings. The van der Waals surface area contributed by atoms with Gasteiger partial charge in [-0.3, -0.25) is 0 Å². The molecule has 0 bridgehead atoms. The van der Waals surface area contributed by atoms with E-state index in [4.69, 9.17) is 4.74 Å². The summed E-state index contributed by atoms with van der Waals surface area (Å²) in [6.07, 6.45) is 0. The molecule has 3 N–H and O–H groups in total. The average Bonchev–Trinajstić information content (AvgIpc) is 2.67. The Labute approximate surface area is 148 Å². The van der Waals surface area contributed by atoms with Gasteiger partial charge in [0.2, 0.25) is 0 Å². The van der Waals surface area contributed by atoms with Crippen molar-refractivity contribution in [2.75, 3.05) is 19.8 Å². The number of aliphatic hydroxyl groups excluding tert-OH is 2. The molecular formula is C21H25NO3. The highest BCUT2D eigenvalue weighted by atomic mass is 16.5. The van der Waals surface area contributed by atoms with Crippen molar-refractivity contribution in [3.05, 3.63) is 54.1 Å². The Kier molecular flexibility index (Phi) is 5.23.